The molecule has 3 heterocycles. The Morgan fingerprint density at radius 2 is 1.97 bits per heavy atom. The van der Waals surface area contributed by atoms with Crippen LogP contribution in [0.4, 0.5) is 17.5 Å². The zero-order valence-corrected chi connectivity index (χ0v) is 23.3. The van der Waals surface area contributed by atoms with E-state index < -0.39 is 5.91 Å². The van der Waals surface area contributed by atoms with Gasteiger partial charge in [0.1, 0.15) is 16.3 Å². The maximum atomic E-state index is 12.1. The van der Waals surface area contributed by atoms with Crippen LogP contribution in [0.1, 0.15) is 68.1 Å². The molecule has 4 aliphatic rings. The third-order valence-corrected chi connectivity index (χ3v) is 9.86. The number of carbonyl (C=O) groups is 1. The van der Waals surface area contributed by atoms with Crippen LogP contribution in [0, 0.1) is 27.3 Å². The summed E-state index contributed by atoms with van der Waals surface area (Å²) in [7, 11) is 0. The molecule has 206 valence electrons. The number of carbonyl (C=O) groups excluding carboxylic acids is 1. The summed E-state index contributed by atoms with van der Waals surface area (Å²) in [6, 6.07) is 9.29. The highest BCUT2D eigenvalue weighted by molar-refractivity contribution is 7.71. The number of allylic oxidation sites excluding steroid dienone is 2. The van der Waals surface area contributed by atoms with Crippen LogP contribution < -0.4 is 21.7 Å². The van der Waals surface area contributed by atoms with Crippen LogP contribution in [0.25, 0.3) is 0 Å². The van der Waals surface area contributed by atoms with E-state index >= 15 is 0 Å². The minimum atomic E-state index is -0.466. The molecule has 3 aliphatic carbocycles. The van der Waals surface area contributed by atoms with Crippen LogP contribution in [0.2, 0.25) is 0 Å². The van der Waals surface area contributed by atoms with E-state index in [-0.39, 0.29) is 0 Å². The topological polar surface area (TPSA) is 125 Å². The van der Waals surface area contributed by atoms with Gasteiger partial charge < -0.3 is 26.7 Å². The Morgan fingerprint density at radius 3 is 2.69 bits per heavy atom. The summed E-state index contributed by atoms with van der Waals surface area (Å²) < 4.78 is 0.724. The van der Waals surface area contributed by atoms with Crippen LogP contribution in [-0.4, -0.2) is 41.7 Å². The number of rotatable bonds is 12. The minimum absolute atomic E-state index is 0.443. The lowest BCUT2D eigenvalue weighted by Crippen LogP contribution is -2.25. The molecule has 1 amide bonds. The van der Waals surface area contributed by atoms with E-state index in [1.165, 1.54) is 32.1 Å². The monoisotopic (exact) mass is 545 g/mol. The fourth-order valence-electron chi connectivity index (χ4n) is 7.33. The summed E-state index contributed by atoms with van der Waals surface area (Å²) in [5.74, 6) is 3.11. The van der Waals surface area contributed by atoms with Crippen LogP contribution in [0.3, 0.4) is 0 Å². The van der Waals surface area contributed by atoms with Gasteiger partial charge in [-0.05, 0) is 111 Å². The zero-order chi connectivity index (χ0) is 27.0. The Labute approximate surface area is 235 Å². The number of aliphatic imine (C=N–C) groups is 1. The number of hydrogen-bond acceptors (Lipinski definition) is 7. The SMILES string of the molecule is NC(=O)c1ccc(N=CC=C(N)CCC2C3(CC3)C23CC3)nc1N1CCC(CCCNc2cccc(=S)[nH]2)C1. The van der Waals surface area contributed by atoms with Gasteiger partial charge in [0.25, 0.3) is 5.91 Å². The molecule has 2 aromatic rings. The number of aromatic nitrogens is 2. The zero-order valence-electron chi connectivity index (χ0n) is 22.5. The summed E-state index contributed by atoms with van der Waals surface area (Å²) >= 11 is 5.18. The first-order chi connectivity index (χ1) is 18.9. The molecule has 6 rings (SSSR count). The van der Waals surface area contributed by atoms with Crippen LogP contribution >= 0.6 is 12.2 Å². The molecule has 4 fully saturated rings. The van der Waals surface area contributed by atoms with E-state index in [0.29, 0.717) is 23.1 Å². The molecule has 6 N–H and O–H groups in total. The molecule has 2 aromatic heterocycles. The van der Waals surface area contributed by atoms with E-state index in [1.54, 1.807) is 18.3 Å². The van der Waals surface area contributed by atoms with Crippen molar-refractivity contribution < 1.29 is 4.79 Å². The Kier molecular flexibility index (Phi) is 6.95. The predicted octanol–water partition coefficient (Wildman–Crippen LogP) is 5.47. The quantitative estimate of drug-likeness (QED) is 0.159. The number of anilines is 2. The average Bonchev–Trinajstić information content (AvgIpc) is 3.88. The molecule has 1 unspecified atom stereocenters. The highest BCUT2D eigenvalue weighted by Crippen LogP contribution is 2.93. The minimum Gasteiger partial charge on any atom is -0.402 e. The van der Waals surface area contributed by atoms with Crippen molar-refractivity contribution in [2.45, 2.75) is 57.8 Å². The lowest BCUT2D eigenvalue weighted by atomic mass is 10.0. The molecular weight excluding hydrogens is 506 g/mol. The Hall–Kier alpha value is -3.20. The maximum Gasteiger partial charge on any atom is 0.252 e. The second kappa shape index (κ2) is 10.4. The van der Waals surface area contributed by atoms with Gasteiger partial charge in [0.15, 0.2) is 5.82 Å². The highest BCUT2D eigenvalue weighted by Gasteiger charge is 2.85. The van der Waals surface area contributed by atoms with Crippen molar-refractivity contribution in [3.63, 3.8) is 0 Å². The second-order valence-corrected chi connectivity index (χ2v) is 12.4. The van der Waals surface area contributed by atoms with Crippen LogP contribution in [0.15, 0.2) is 47.1 Å². The first-order valence-corrected chi connectivity index (χ1v) is 14.8. The first-order valence-electron chi connectivity index (χ1n) is 14.4. The number of nitrogens with two attached hydrogens (primary N) is 2. The number of hydrogen-bond donors (Lipinski definition) is 4. The van der Waals surface area contributed by atoms with E-state index in [1.807, 2.05) is 24.3 Å². The van der Waals surface area contributed by atoms with Gasteiger partial charge in [-0.1, -0.05) is 18.3 Å². The first kappa shape index (κ1) is 26.0. The number of H-pyrrole nitrogens is 1. The Morgan fingerprint density at radius 1 is 1.18 bits per heavy atom. The molecule has 1 atom stereocenters. The molecule has 2 spiro atoms. The van der Waals surface area contributed by atoms with Gasteiger partial charge in [0, 0.05) is 31.5 Å². The summed E-state index contributed by atoms with van der Waals surface area (Å²) in [5.41, 5.74) is 14.8. The number of fused-ring (bicyclic) bond motifs is 1. The Balaban J connectivity index is 1.01. The Bertz CT molecular complexity index is 1340. The van der Waals surface area contributed by atoms with Gasteiger partial charge >= 0.3 is 0 Å². The van der Waals surface area contributed by atoms with Gasteiger partial charge in [-0.15, -0.1) is 0 Å². The van der Waals surface area contributed by atoms with Gasteiger partial charge in [-0.3, -0.25) is 4.79 Å². The van der Waals surface area contributed by atoms with E-state index in [0.717, 1.165) is 78.2 Å². The lowest BCUT2D eigenvalue weighted by molar-refractivity contribution is 0.100. The van der Waals surface area contributed by atoms with Crippen molar-refractivity contribution in [3.8, 4) is 0 Å². The number of pyridine rings is 2. The molecule has 9 heteroatoms. The fourth-order valence-corrected chi connectivity index (χ4v) is 7.52. The molecule has 3 saturated carbocycles. The normalized spacial score (nSPS) is 22.6. The van der Waals surface area contributed by atoms with Crippen LogP contribution in [0.5, 0.6) is 0 Å². The fraction of sp³-hybridized carbons (Fsp3) is 0.533. The number of nitrogens with zero attached hydrogens (tertiary/aromatic N) is 3. The van der Waals surface area contributed by atoms with Gasteiger partial charge in [-0.2, -0.15) is 0 Å². The number of primary amides is 1. The summed E-state index contributed by atoms with van der Waals surface area (Å²) in [4.78, 5) is 26.7. The van der Waals surface area contributed by atoms with Crippen molar-refractivity contribution in [3.05, 3.63) is 52.3 Å². The maximum absolute atomic E-state index is 12.1. The average molecular weight is 546 g/mol. The molecule has 0 aromatic carbocycles. The van der Waals surface area contributed by atoms with Gasteiger partial charge in [0.05, 0.1) is 5.56 Å². The van der Waals surface area contributed by atoms with Gasteiger partial charge in [-0.25, -0.2) is 9.98 Å². The molecule has 8 nitrogen and oxygen atoms in total. The smallest absolute Gasteiger partial charge is 0.252 e. The summed E-state index contributed by atoms with van der Waals surface area (Å²) in [6.45, 7) is 2.58. The second-order valence-electron chi connectivity index (χ2n) is 11.9. The van der Waals surface area contributed by atoms with Crippen molar-refractivity contribution in [2.75, 3.05) is 29.9 Å². The third kappa shape index (κ3) is 5.33. The van der Waals surface area contributed by atoms with E-state index in [9.17, 15) is 4.79 Å². The number of amides is 1. The van der Waals surface area contributed by atoms with E-state index in [4.69, 9.17) is 28.7 Å². The summed E-state index contributed by atoms with van der Waals surface area (Å²) in [5, 5.41) is 3.40. The van der Waals surface area contributed by atoms with Crippen molar-refractivity contribution in [1.82, 2.24) is 9.97 Å². The molecule has 39 heavy (non-hydrogen) atoms. The standard InChI is InChI=1S/C30H39N7OS/c31-21(6-8-23-29(12-13-29)30(23)14-15-30)10-17-34-25-9-7-22(27(32)38)28(36-25)37-18-11-20(19-37)3-2-16-33-24-4-1-5-26(39)35-24/h1,4-5,7,9-10,17,20,23H,2-3,6,8,11-16,18-19,31H2,(H2,32,38)(H2,33,35,39). The van der Waals surface area contributed by atoms with Gasteiger partial charge in [0.2, 0.25) is 0 Å². The third-order valence-electron chi connectivity index (χ3n) is 9.62. The number of nitrogens with one attached hydrogen (secondary N) is 2. The molecular formula is C30H39N7OS. The largest absolute Gasteiger partial charge is 0.402 e. The molecule has 0 bridgehead atoms. The number of aromatic amines is 1. The predicted molar refractivity (Wildman–Crippen MR) is 159 cm³/mol. The lowest BCUT2D eigenvalue weighted by Gasteiger charge is -2.20. The molecule has 0 radical (unpaired) electrons. The molecule has 1 aliphatic heterocycles. The summed E-state index contributed by atoms with van der Waals surface area (Å²) in [6.07, 6.45) is 14.7. The van der Waals surface area contributed by atoms with Crippen molar-refractivity contribution >= 4 is 41.8 Å². The van der Waals surface area contributed by atoms with E-state index in [2.05, 4.69) is 20.2 Å². The van der Waals surface area contributed by atoms with Crippen LogP contribution in [-0.2, 0) is 0 Å². The van der Waals surface area contributed by atoms with Crippen molar-refractivity contribution in [2.24, 2.45) is 39.1 Å². The van der Waals surface area contributed by atoms with Crippen molar-refractivity contribution in [1.29, 1.82) is 0 Å². The highest BCUT2D eigenvalue weighted by atomic mass is 32.1. The molecule has 1 saturated heterocycles.